The van der Waals surface area contributed by atoms with Crippen LogP contribution in [0.3, 0.4) is 0 Å². The zero-order valence-electron chi connectivity index (χ0n) is 12.8. The Bertz CT molecular complexity index is 809. The molecular weight excluding hydrogens is 418 g/mol. The number of hydrogen-bond donors (Lipinski definition) is 1. The van der Waals surface area contributed by atoms with Crippen LogP contribution in [-0.4, -0.2) is 30.3 Å². The molecule has 1 N–H and O–H groups in total. The number of aliphatic carboxylic acids is 1. The fourth-order valence-corrected chi connectivity index (χ4v) is 3.83. The minimum Gasteiger partial charge on any atom is -0.480 e. The van der Waals surface area contributed by atoms with Gasteiger partial charge in [0, 0.05) is 11.0 Å². The molecule has 2 aromatic carbocycles. The molecule has 0 aliphatic rings. The maximum Gasteiger partial charge on any atom is 0.318 e. The first-order valence-corrected chi connectivity index (χ1v) is 9.06. The van der Waals surface area contributed by atoms with Gasteiger partial charge in [-0.05, 0) is 30.7 Å². The van der Waals surface area contributed by atoms with Crippen molar-refractivity contribution in [3.63, 3.8) is 0 Å². The van der Waals surface area contributed by atoms with E-state index < -0.39 is 22.5 Å². The van der Waals surface area contributed by atoms with Crippen molar-refractivity contribution in [2.24, 2.45) is 0 Å². The van der Waals surface area contributed by atoms with Crippen molar-refractivity contribution in [3.8, 4) is 0 Å². The van der Waals surface area contributed by atoms with Crippen LogP contribution in [0, 0.1) is 6.92 Å². The van der Waals surface area contributed by atoms with Crippen LogP contribution in [0.4, 0.5) is 0 Å². The van der Waals surface area contributed by atoms with E-state index in [4.69, 9.17) is 5.11 Å². The molecule has 0 fully saturated rings. The van der Waals surface area contributed by atoms with E-state index in [9.17, 15) is 13.2 Å². The first-order chi connectivity index (χ1) is 10.8. The summed E-state index contributed by atoms with van der Waals surface area (Å²) in [7, 11) is -3.90. The van der Waals surface area contributed by atoms with Crippen molar-refractivity contribution in [2.45, 2.75) is 18.4 Å². The Labute approximate surface area is 155 Å². The van der Waals surface area contributed by atoms with Crippen LogP contribution in [0.15, 0.2) is 57.9 Å². The molecule has 0 amide bonds. The number of hydrogen-bond acceptors (Lipinski definition) is 3. The molecule has 0 unspecified atom stereocenters. The van der Waals surface area contributed by atoms with Crippen molar-refractivity contribution >= 4 is 44.3 Å². The summed E-state index contributed by atoms with van der Waals surface area (Å²) in [5, 5.41) is 9.07. The molecule has 0 aliphatic heterocycles. The highest BCUT2D eigenvalue weighted by Crippen LogP contribution is 2.22. The molecule has 0 aromatic heterocycles. The predicted octanol–water partition coefficient (Wildman–Crippen LogP) is 3.45. The van der Waals surface area contributed by atoms with Crippen LogP contribution in [-0.2, 0) is 21.4 Å². The normalized spacial score (nSPS) is 11.1. The topological polar surface area (TPSA) is 74.7 Å². The van der Waals surface area contributed by atoms with Gasteiger partial charge >= 0.3 is 5.97 Å². The molecule has 8 heteroatoms. The lowest BCUT2D eigenvalue weighted by Crippen LogP contribution is -2.35. The lowest BCUT2D eigenvalue weighted by Gasteiger charge is -2.21. The van der Waals surface area contributed by atoms with Crippen LogP contribution in [0.2, 0.25) is 0 Å². The first-order valence-electron chi connectivity index (χ1n) is 6.83. The number of nitrogens with zero attached hydrogens (tertiary/aromatic N) is 1. The van der Waals surface area contributed by atoms with Gasteiger partial charge in [-0.15, -0.1) is 12.4 Å². The Hall–Kier alpha value is -1.41. The first kappa shape index (κ1) is 20.6. The summed E-state index contributed by atoms with van der Waals surface area (Å²) in [6.07, 6.45) is 0. The maximum absolute atomic E-state index is 12.7. The fourth-order valence-electron chi connectivity index (χ4n) is 2.05. The Kier molecular flexibility index (Phi) is 7.41. The Morgan fingerprint density at radius 2 is 1.71 bits per heavy atom. The average molecular weight is 435 g/mol. The highest BCUT2D eigenvalue weighted by atomic mass is 79.9. The molecule has 5 nitrogen and oxygen atoms in total. The molecule has 0 bridgehead atoms. The number of carbonyl (C=O) groups is 1. The number of aryl methyl sites for hydroxylation is 1. The van der Waals surface area contributed by atoms with Crippen LogP contribution >= 0.6 is 28.3 Å². The van der Waals surface area contributed by atoms with E-state index in [-0.39, 0.29) is 23.8 Å². The van der Waals surface area contributed by atoms with Gasteiger partial charge in [0.1, 0.15) is 6.54 Å². The Morgan fingerprint density at radius 3 is 2.25 bits per heavy atom. The van der Waals surface area contributed by atoms with E-state index in [0.29, 0.717) is 5.56 Å². The minimum absolute atomic E-state index is 0. The molecule has 0 aliphatic carbocycles. The van der Waals surface area contributed by atoms with E-state index in [0.717, 1.165) is 14.3 Å². The van der Waals surface area contributed by atoms with Crippen molar-refractivity contribution in [1.82, 2.24) is 4.31 Å². The number of carboxylic acids is 1. The van der Waals surface area contributed by atoms with E-state index >= 15 is 0 Å². The molecule has 0 heterocycles. The van der Waals surface area contributed by atoms with Gasteiger partial charge in [0.15, 0.2) is 0 Å². The Morgan fingerprint density at radius 1 is 1.12 bits per heavy atom. The van der Waals surface area contributed by atoms with Gasteiger partial charge in [0.25, 0.3) is 0 Å². The molecule has 24 heavy (non-hydrogen) atoms. The molecule has 2 rings (SSSR count). The molecule has 0 spiro atoms. The Balaban J connectivity index is 0.00000288. The average Bonchev–Trinajstić information content (AvgIpc) is 2.48. The monoisotopic (exact) mass is 433 g/mol. The number of halogens is 2. The maximum atomic E-state index is 12.7. The second-order valence-corrected chi connectivity index (χ2v) is 7.86. The number of carboxylic acid groups (broad SMARTS) is 1. The number of rotatable bonds is 6. The van der Waals surface area contributed by atoms with Crippen LogP contribution < -0.4 is 0 Å². The zero-order chi connectivity index (χ0) is 17.0. The molecule has 0 saturated heterocycles. The summed E-state index contributed by atoms with van der Waals surface area (Å²) in [5.41, 5.74) is 1.63. The van der Waals surface area contributed by atoms with E-state index in [2.05, 4.69) is 15.9 Å². The van der Waals surface area contributed by atoms with Gasteiger partial charge in [0.05, 0.1) is 4.90 Å². The van der Waals surface area contributed by atoms with Gasteiger partial charge in [-0.3, -0.25) is 4.79 Å². The fraction of sp³-hybridized carbons (Fsp3) is 0.188. The number of sulfonamides is 1. The van der Waals surface area contributed by atoms with Crippen molar-refractivity contribution < 1.29 is 18.3 Å². The predicted molar refractivity (Wildman–Crippen MR) is 97.8 cm³/mol. The minimum atomic E-state index is -3.90. The molecule has 130 valence electrons. The highest BCUT2D eigenvalue weighted by molar-refractivity contribution is 9.10. The van der Waals surface area contributed by atoms with Gasteiger partial charge in [-0.1, -0.05) is 51.8 Å². The standard InChI is InChI=1S/C16H16BrNO4S.ClH/c1-12-6-8-14(9-7-12)23(21,22)18(11-16(19)20)10-13-4-2-3-5-15(13)17;/h2-9H,10-11H2,1H3,(H,19,20);1H. The van der Waals surface area contributed by atoms with E-state index in [1.165, 1.54) is 12.1 Å². The SMILES string of the molecule is Cc1ccc(S(=O)(=O)N(CC(=O)O)Cc2ccccc2Br)cc1.Cl. The van der Waals surface area contributed by atoms with Crippen LogP contribution in [0.5, 0.6) is 0 Å². The third-order valence-electron chi connectivity index (χ3n) is 3.27. The van der Waals surface area contributed by atoms with Crippen molar-refractivity contribution in [2.75, 3.05) is 6.54 Å². The van der Waals surface area contributed by atoms with E-state index in [1.54, 1.807) is 30.3 Å². The molecule has 0 atom stereocenters. The highest BCUT2D eigenvalue weighted by Gasteiger charge is 2.27. The summed E-state index contributed by atoms with van der Waals surface area (Å²) >= 11 is 3.35. The van der Waals surface area contributed by atoms with Gasteiger partial charge in [-0.25, -0.2) is 8.42 Å². The summed E-state index contributed by atoms with van der Waals surface area (Å²) in [4.78, 5) is 11.2. The second-order valence-electron chi connectivity index (χ2n) is 5.07. The van der Waals surface area contributed by atoms with Gasteiger partial charge in [-0.2, -0.15) is 4.31 Å². The lowest BCUT2D eigenvalue weighted by atomic mass is 10.2. The second kappa shape index (κ2) is 8.62. The lowest BCUT2D eigenvalue weighted by molar-refractivity contribution is -0.137. The van der Waals surface area contributed by atoms with Crippen molar-refractivity contribution in [3.05, 3.63) is 64.1 Å². The molecule has 2 aromatic rings. The quantitative estimate of drug-likeness (QED) is 0.755. The third kappa shape index (κ3) is 5.04. The smallest absolute Gasteiger partial charge is 0.318 e. The van der Waals surface area contributed by atoms with E-state index in [1.807, 2.05) is 13.0 Å². The third-order valence-corrected chi connectivity index (χ3v) is 5.85. The summed E-state index contributed by atoms with van der Waals surface area (Å²) < 4.78 is 27.2. The molecule has 0 saturated carbocycles. The van der Waals surface area contributed by atoms with Crippen LogP contribution in [0.25, 0.3) is 0 Å². The summed E-state index contributed by atoms with van der Waals surface area (Å²) in [5.74, 6) is -1.20. The molecular formula is C16H17BrClNO4S. The van der Waals surface area contributed by atoms with Crippen molar-refractivity contribution in [1.29, 1.82) is 0 Å². The zero-order valence-corrected chi connectivity index (χ0v) is 16.1. The van der Waals surface area contributed by atoms with Crippen LogP contribution in [0.1, 0.15) is 11.1 Å². The van der Waals surface area contributed by atoms with Gasteiger partial charge in [0.2, 0.25) is 10.0 Å². The number of benzene rings is 2. The summed E-state index contributed by atoms with van der Waals surface area (Å²) in [6, 6.07) is 13.5. The largest absolute Gasteiger partial charge is 0.480 e. The van der Waals surface area contributed by atoms with Gasteiger partial charge < -0.3 is 5.11 Å². The summed E-state index contributed by atoms with van der Waals surface area (Å²) in [6.45, 7) is 1.23. The molecule has 0 radical (unpaired) electrons.